The smallest absolute Gasteiger partial charge is 0.256 e. The molecule has 0 saturated carbocycles. The fourth-order valence-electron chi connectivity index (χ4n) is 2.98. The molecular weight excluding hydrogens is 278 g/mol. The highest BCUT2D eigenvalue weighted by Gasteiger charge is 2.17. The van der Waals surface area contributed by atoms with Gasteiger partial charge in [0, 0.05) is 26.0 Å². The second-order valence-electron chi connectivity index (χ2n) is 5.75. The molecule has 0 atom stereocenters. The van der Waals surface area contributed by atoms with Gasteiger partial charge < -0.3 is 14.8 Å². The van der Waals surface area contributed by atoms with E-state index in [1.807, 2.05) is 36.1 Å². The van der Waals surface area contributed by atoms with Crippen molar-refractivity contribution in [1.29, 1.82) is 0 Å². The summed E-state index contributed by atoms with van der Waals surface area (Å²) in [4.78, 5) is 14.8. The number of carbonyl (C=O) groups excluding carboxylic acids is 1. The number of aryl methyl sites for hydroxylation is 1. The summed E-state index contributed by atoms with van der Waals surface area (Å²) in [5.74, 6) is 0.736. The molecule has 2 aromatic heterocycles. The number of amides is 1. The Morgan fingerprint density at radius 3 is 2.73 bits per heavy atom. The van der Waals surface area contributed by atoms with Crippen molar-refractivity contribution < 1.29 is 4.79 Å². The van der Waals surface area contributed by atoms with E-state index in [1.54, 1.807) is 10.9 Å². The van der Waals surface area contributed by atoms with Gasteiger partial charge >= 0.3 is 0 Å². The third-order valence-corrected chi connectivity index (χ3v) is 4.14. The van der Waals surface area contributed by atoms with Crippen molar-refractivity contribution in [3.63, 3.8) is 0 Å². The van der Waals surface area contributed by atoms with Crippen LogP contribution in [-0.2, 0) is 7.05 Å². The van der Waals surface area contributed by atoms with Crippen molar-refractivity contribution in [2.24, 2.45) is 7.05 Å². The highest BCUT2D eigenvalue weighted by molar-refractivity contribution is 5.97. The van der Waals surface area contributed by atoms with Crippen LogP contribution in [0, 0.1) is 0 Å². The molecule has 1 fully saturated rings. The van der Waals surface area contributed by atoms with Gasteiger partial charge in [-0.05, 0) is 51.0 Å². The topological polar surface area (TPSA) is 55.1 Å². The summed E-state index contributed by atoms with van der Waals surface area (Å²) in [5.41, 5.74) is 0.611. The maximum atomic E-state index is 12.4. The summed E-state index contributed by atoms with van der Waals surface area (Å²) in [7, 11) is 1.85. The number of likely N-dealkylation sites (tertiary alicyclic amines) is 1. The molecule has 0 spiro atoms. The highest BCUT2D eigenvalue weighted by atomic mass is 16.1. The molecule has 1 aliphatic rings. The summed E-state index contributed by atoms with van der Waals surface area (Å²) in [6.45, 7) is 4.18. The van der Waals surface area contributed by atoms with Crippen molar-refractivity contribution in [2.75, 3.05) is 26.2 Å². The van der Waals surface area contributed by atoms with E-state index in [-0.39, 0.29) is 5.91 Å². The standard InChI is InChI=1S/C16H23N5O/c1-19-16(21-11-4-5-12-21)14(13-18-19)15(22)17-7-6-10-20-8-2-3-9-20/h4-5,11-13H,2-3,6-10H2,1H3,(H,17,22). The highest BCUT2D eigenvalue weighted by Crippen LogP contribution is 2.13. The second-order valence-corrected chi connectivity index (χ2v) is 5.75. The zero-order valence-electron chi connectivity index (χ0n) is 13.0. The van der Waals surface area contributed by atoms with Crippen molar-refractivity contribution in [3.8, 4) is 5.82 Å². The SMILES string of the molecule is Cn1ncc(C(=O)NCCCN2CCCC2)c1-n1cccc1. The lowest BCUT2D eigenvalue weighted by Gasteiger charge is -2.14. The minimum atomic E-state index is -0.0572. The van der Waals surface area contributed by atoms with Gasteiger partial charge in [0.2, 0.25) is 0 Å². The predicted octanol–water partition coefficient (Wildman–Crippen LogP) is 1.43. The Balaban J connectivity index is 1.56. The van der Waals surface area contributed by atoms with Gasteiger partial charge in [0.15, 0.2) is 0 Å². The largest absolute Gasteiger partial charge is 0.352 e. The molecule has 3 rings (SSSR count). The van der Waals surface area contributed by atoms with Crippen LogP contribution in [0.3, 0.4) is 0 Å². The minimum absolute atomic E-state index is 0.0572. The van der Waals surface area contributed by atoms with E-state index in [0.717, 1.165) is 18.8 Å². The number of nitrogens with one attached hydrogen (secondary N) is 1. The van der Waals surface area contributed by atoms with Crippen molar-refractivity contribution >= 4 is 5.91 Å². The van der Waals surface area contributed by atoms with E-state index in [9.17, 15) is 4.79 Å². The Labute approximate surface area is 130 Å². The molecule has 0 radical (unpaired) electrons. The quantitative estimate of drug-likeness (QED) is 0.821. The van der Waals surface area contributed by atoms with E-state index < -0.39 is 0 Å². The molecule has 2 aromatic rings. The molecular formula is C16H23N5O. The van der Waals surface area contributed by atoms with Crippen LogP contribution < -0.4 is 5.32 Å². The van der Waals surface area contributed by atoms with Gasteiger partial charge in [-0.15, -0.1) is 0 Å². The van der Waals surface area contributed by atoms with Crippen molar-refractivity contribution in [2.45, 2.75) is 19.3 Å². The molecule has 0 aliphatic carbocycles. The molecule has 0 unspecified atom stereocenters. The lowest BCUT2D eigenvalue weighted by Crippen LogP contribution is -2.29. The van der Waals surface area contributed by atoms with Crippen molar-refractivity contribution in [1.82, 2.24) is 24.6 Å². The average molecular weight is 301 g/mol. The van der Waals surface area contributed by atoms with Gasteiger partial charge in [-0.2, -0.15) is 5.10 Å². The van der Waals surface area contributed by atoms with E-state index >= 15 is 0 Å². The van der Waals surface area contributed by atoms with Crippen LogP contribution in [0.1, 0.15) is 29.6 Å². The third kappa shape index (κ3) is 3.22. The first-order chi connectivity index (χ1) is 10.8. The molecule has 1 N–H and O–H groups in total. The van der Waals surface area contributed by atoms with Gasteiger partial charge in [0.1, 0.15) is 11.4 Å². The Hall–Kier alpha value is -2.08. The van der Waals surface area contributed by atoms with E-state index in [1.165, 1.54) is 25.9 Å². The minimum Gasteiger partial charge on any atom is -0.352 e. The molecule has 3 heterocycles. The van der Waals surface area contributed by atoms with Crippen LogP contribution in [0.5, 0.6) is 0 Å². The summed E-state index contributed by atoms with van der Waals surface area (Å²) >= 11 is 0. The maximum Gasteiger partial charge on any atom is 0.256 e. The first-order valence-corrected chi connectivity index (χ1v) is 7.91. The monoisotopic (exact) mass is 301 g/mol. The molecule has 1 aliphatic heterocycles. The Morgan fingerprint density at radius 1 is 1.27 bits per heavy atom. The summed E-state index contributed by atoms with van der Waals surface area (Å²) < 4.78 is 3.63. The number of nitrogens with zero attached hydrogens (tertiary/aromatic N) is 4. The first kappa shape index (κ1) is 14.8. The second kappa shape index (κ2) is 6.79. The van der Waals surface area contributed by atoms with Gasteiger partial charge in [-0.1, -0.05) is 0 Å². The third-order valence-electron chi connectivity index (χ3n) is 4.14. The van der Waals surface area contributed by atoms with E-state index in [0.29, 0.717) is 12.1 Å². The number of rotatable bonds is 6. The van der Waals surface area contributed by atoms with Crippen LogP contribution >= 0.6 is 0 Å². The number of aromatic nitrogens is 3. The van der Waals surface area contributed by atoms with Gasteiger partial charge in [-0.3, -0.25) is 9.48 Å². The molecule has 0 aromatic carbocycles. The first-order valence-electron chi connectivity index (χ1n) is 7.91. The van der Waals surface area contributed by atoms with Crippen LogP contribution in [0.25, 0.3) is 5.82 Å². The van der Waals surface area contributed by atoms with Gasteiger partial charge in [0.05, 0.1) is 6.20 Å². The fraction of sp³-hybridized carbons (Fsp3) is 0.500. The number of hydrogen-bond donors (Lipinski definition) is 1. The molecule has 1 amide bonds. The van der Waals surface area contributed by atoms with E-state index in [2.05, 4.69) is 15.3 Å². The Kier molecular flexibility index (Phi) is 4.58. The zero-order chi connectivity index (χ0) is 15.4. The average Bonchev–Trinajstić information content (AvgIpc) is 3.24. The predicted molar refractivity (Wildman–Crippen MR) is 85.2 cm³/mol. The molecule has 22 heavy (non-hydrogen) atoms. The molecule has 118 valence electrons. The van der Waals surface area contributed by atoms with E-state index in [4.69, 9.17) is 0 Å². The molecule has 0 bridgehead atoms. The lowest BCUT2D eigenvalue weighted by molar-refractivity contribution is 0.0952. The van der Waals surface area contributed by atoms with Crippen LogP contribution in [-0.4, -0.2) is 51.3 Å². The molecule has 6 heteroatoms. The summed E-state index contributed by atoms with van der Waals surface area (Å²) in [6.07, 6.45) is 9.07. The van der Waals surface area contributed by atoms with Crippen LogP contribution in [0.15, 0.2) is 30.7 Å². The van der Waals surface area contributed by atoms with Crippen molar-refractivity contribution in [3.05, 3.63) is 36.3 Å². The normalized spacial score (nSPS) is 15.3. The van der Waals surface area contributed by atoms with Crippen LogP contribution in [0.2, 0.25) is 0 Å². The fourth-order valence-corrected chi connectivity index (χ4v) is 2.98. The summed E-state index contributed by atoms with van der Waals surface area (Å²) in [6, 6.07) is 3.87. The van der Waals surface area contributed by atoms with Crippen LogP contribution in [0.4, 0.5) is 0 Å². The Bertz CT molecular complexity index is 611. The molecule has 1 saturated heterocycles. The van der Waals surface area contributed by atoms with Gasteiger partial charge in [0.25, 0.3) is 5.91 Å². The Morgan fingerprint density at radius 2 is 2.00 bits per heavy atom. The maximum absolute atomic E-state index is 12.4. The summed E-state index contributed by atoms with van der Waals surface area (Å²) in [5, 5.41) is 7.22. The number of hydrogen-bond acceptors (Lipinski definition) is 3. The zero-order valence-corrected chi connectivity index (χ0v) is 13.0. The lowest BCUT2D eigenvalue weighted by atomic mass is 10.3. The number of carbonyl (C=O) groups is 1. The molecule has 6 nitrogen and oxygen atoms in total. The van der Waals surface area contributed by atoms with Gasteiger partial charge in [-0.25, -0.2) is 0 Å².